The van der Waals surface area contributed by atoms with Crippen molar-refractivity contribution < 1.29 is 20.1 Å². The van der Waals surface area contributed by atoms with Gasteiger partial charge in [-0.2, -0.15) is 0 Å². The van der Waals surface area contributed by atoms with Crippen LogP contribution in [0.5, 0.6) is 0 Å². The van der Waals surface area contributed by atoms with Gasteiger partial charge in [0.25, 0.3) is 0 Å². The second kappa shape index (κ2) is 13.6. The Labute approximate surface area is 166 Å². The van der Waals surface area contributed by atoms with Gasteiger partial charge in [-0.1, -0.05) is 42.9 Å². The van der Waals surface area contributed by atoms with Crippen molar-refractivity contribution in [2.45, 2.75) is 31.3 Å². The molecular formula is C21H29N3O4. The van der Waals surface area contributed by atoms with Gasteiger partial charge in [-0.05, 0) is 12.5 Å². The Morgan fingerprint density at radius 3 is 2.86 bits per heavy atom. The van der Waals surface area contributed by atoms with Crippen molar-refractivity contribution in [3.63, 3.8) is 0 Å². The van der Waals surface area contributed by atoms with Crippen LogP contribution in [0.25, 0.3) is 0 Å². The number of ether oxygens (including phenoxy) is 1. The van der Waals surface area contributed by atoms with Crippen LogP contribution in [-0.4, -0.2) is 71.1 Å². The first-order valence-corrected chi connectivity index (χ1v) is 8.98. The minimum absolute atomic E-state index is 0.0364. The number of terminal acetylenes is 1. The molecule has 28 heavy (non-hydrogen) atoms. The third-order valence-electron chi connectivity index (χ3n) is 4.06. The smallest absolute Gasteiger partial charge is 0.159 e. The lowest BCUT2D eigenvalue weighted by molar-refractivity contribution is -0.131. The van der Waals surface area contributed by atoms with E-state index in [0.717, 1.165) is 5.71 Å². The third-order valence-corrected chi connectivity index (χ3v) is 4.06. The number of hydrogen-bond acceptors (Lipinski definition) is 7. The summed E-state index contributed by atoms with van der Waals surface area (Å²) in [4.78, 5) is 10.2. The molecule has 1 aliphatic heterocycles. The topological polar surface area (TPSA) is 97.9 Å². The summed E-state index contributed by atoms with van der Waals surface area (Å²) in [6.07, 6.45) is 17.1. The molecule has 0 amide bonds. The molecule has 0 aromatic carbocycles. The Morgan fingerprint density at radius 1 is 1.43 bits per heavy atom. The third kappa shape index (κ3) is 7.62. The molecule has 3 N–H and O–H groups in total. The average molecular weight is 387 g/mol. The maximum absolute atomic E-state index is 10.4. The molecule has 0 saturated carbocycles. The molecule has 1 rings (SSSR count). The number of rotatable bonds is 10. The minimum atomic E-state index is -1.23. The van der Waals surface area contributed by atoms with E-state index >= 15 is 0 Å². The predicted octanol–water partition coefficient (Wildman–Crippen LogP) is 1.26. The maximum Gasteiger partial charge on any atom is 0.159 e. The fraction of sp³-hybridized carbons (Fsp3) is 0.429. The standard InChI is InChI=1S/C21H29N3O4/c1-4-6-7-8-9-10-18-17(5-2)11-13-24(16-22-15-23-18)21(28-3)20(27)19(26)12-14-25/h2,4,6-9,11,13,15,17,19-21,25-27H,1,10,12,14,16H2,3H3/b7-6-,9-8+,13-11-,22-15-,23-18-/t17?,19-,20-,21-/m1/s1. The van der Waals surface area contributed by atoms with E-state index in [0.29, 0.717) is 6.42 Å². The number of hydrogen-bond donors (Lipinski definition) is 3. The zero-order valence-corrected chi connectivity index (χ0v) is 16.1. The van der Waals surface area contributed by atoms with Crippen molar-refractivity contribution in [2.75, 3.05) is 20.4 Å². The van der Waals surface area contributed by atoms with Crippen molar-refractivity contribution >= 4 is 12.1 Å². The van der Waals surface area contributed by atoms with Gasteiger partial charge >= 0.3 is 0 Å². The lowest BCUT2D eigenvalue weighted by atomic mass is 10.0. The maximum atomic E-state index is 10.4. The van der Waals surface area contributed by atoms with Gasteiger partial charge in [0.05, 0.1) is 12.0 Å². The molecular weight excluding hydrogens is 358 g/mol. The van der Waals surface area contributed by atoms with Crippen molar-refractivity contribution in [1.29, 1.82) is 0 Å². The highest BCUT2D eigenvalue weighted by Gasteiger charge is 2.30. The van der Waals surface area contributed by atoms with Crippen LogP contribution in [0.1, 0.15) is 12.8 Å². The summed E-state index contributed by atoms with van der Waals surface area (Å²) in [5.41, 5.74) is 0.752. The molecule has 0 fully saturated rings. The van der Waals surface area contributed by atoms with Crippen LogP contribution in [0.2, 0.25) is 0 Å². The summed E-state index contributed by atoms with van der Waals surface area (Å²) in [5, 5.41) is 29.3. The Kier molecular flexibility index (Phi) is 11.5. The summed E-state index contributed by atoms with van der Waals surface area (Å²) in [7, 11) is 1.42. The van der Waals surface area contributed by atoms with E-state index in [9.17, 15) is 10.2 Å². The zero-order valence-electron chi connectivity index (χ0n) is 16.1. The van der Waals surface area contributed by atoms with E-state index < -0.39 is 18.4 Å². The second-order valence-electron chi connectivity index (χ2n) is 6.01. The Balaban J connectivity index is 2.96. The van der Waals surface area contributed by atoms with Gasteiger partial charge in [0.1, 0.15) is 19.1 Å². The lowest BCUT2D eigenvalue weighted by Crippen LogP contribution is -2.48. The van der Waals surface area contributed by atoms with Gasteiger partial charge in [-0.3, -0.25) is 4.99 Å². The first kappa shape index (κ1) is 23.5. The van der Waals surface area contributed by atoms with E-state index in [-0.39, 0.29) is 25.6 Å². The monoisotopic (exact) mass is 387 g/mol. The molecule has 0 bridgehead atoms. The fourth-order valence-corrected chi connectivity index (χ4v) is 2.55. The molecule has 0 aromatic heterocycles. The highest BCUT2D eigenvalue weighted by Crippen LogP contribution is 2.15. The highest BCUT2D eigenvalue weighted by molar-refractivity contribution is 5.96. The molecule has 0 spiro atoms. The SMILES string of the molecule is C#CC1/C=C\N([C@H](OC)[C@H](O)[C@H](O)CCO)C/N=C\N=C/1C/C=C/C=C\C=C. The summed E-state index contributed by atoms with van der Waals surface area (Å²) in [6, 6.07) is 0. The van der Waals surface area contributed by atoms with Gasteiger partial charge in [-0.15, -0.1) is 6.42 Å². The van der Waals surface area contributed by atoms with Crippen molar-refractivity contribution in [3.8, 4) is 12.3 Å². The lowest BCUT2D eigenvalue weighted by Gasteiger charge is -2.33. The van der Waals surface area contributed by atoms with E-state index in [1.807, 2.05) is 24.3 Å². The summed E-state index contributed by atoms with van der Waals surface area (Å²) >= 11 is 0. The van der Waals surface area contributed by atoms with Crippen LogP contribution in [0.3, 0.4) is 0 Å². The zero-order chi connectivity index (χ0) is 20.8. The van der Waals surface area contributed by atoms with Crippen LogP contribution < -0.4 is 0 Å². The van der Waals surface area contributed by atoms with E-state index in [1.165, 1.54) is 13.4 Å². The van der Waals surface area contributed by atoms with Crippen LogP contribution in [0.4, 0.5) is 0 Å². The second-order valence-corrected chi connectivity index (χ2v) is 6.01. The first-order chi connectivity index (χ1) is 13.6. The summed E-state index contributed by atoms with van der Waals surface area (Å²) in [6.45, 7) is 3.53. The molecule has 0 saturated heterocycles. The Morgan fingerprint density at radius 2 is 2.21 bits per heavy atom. The minimum Gasteiger partial charge on any atom is -0.396 e. The molecule has 7 heteroatoms. The van der Waals surface area contributed by atoms with E-state index in [1.54, 1.807) is 23.3 Å². The number of aliphatic imine (C=N–C) groups is 2. The Hall–Kier alpha value is -2.50. The van der Waals surface area contributed by atoms with Gasteiger partial charge in [0, 0.05) is 32.0 Å². The van der Waals surface area contributed by atoms with Crippen LogP contribution >= 0.6 is 0 Å². The molecule has 152 valence electrons. The van der Waals surface area contributed by atoms with Crippen molar-refractivity contribution in [1.82, 2.24) is 4.90 Å². The normalized spacial score (nSPS) is 25.0. The van der Waals surface area contributed by atoms with Crippen LogP contribution in [0, 0.1) is 18.3 Å². The fourth-order valence-electron chi connectivity index (χ4n) is 2.55. The largest absolute Gasteiger partial charge is 0.396 e. The average Bonchev–Trinajstić information content (AvgIpc) is 2.79. The van der Waals surface area contributed by atoms with Gasteiger partial charge in [0.15, 0.2) is 6.23 Å². The van der Waals surface area contributed by atoms with Gasteiger partial charge in [-0.25, -0.2) is 4.99 Å². The van der Waals surface area contributed by atoms with E-state index in [4.69, 9.17) is 16.3 Å². The van der Waals surface area contributed by atoms with E-state index in [2.05, 4.69) is 22.5 Å². The number of methoxy groups -OCH3 is 1. The van der Waals surface area contributed by atoms with Crippen molar-refractivity contribution in [2.24, 2.45) is 15.9 Å². The number of nitrogens with zero attached hydrogens (tertiary/aromatic N) is 3. The first-order valence-electron chi connectivity index (χ1n) is 8.98. The molecule has 0 aromatic rings. The molecule has 0 radical (unpaired) electrons. The molecule has 4 atom stereocenters. The quantitative estimate of drug-likeness (QED) is 0.387. The molecule has 1 heterocycles. The molecule has 1 unspecified atom stereocenters. The van der Waals surface area contributed by atoms with Gasteiger partial charge in [0.2, 0.25) is 0 Å². The highest BCUT2D eigenvalue weighted by atomic mass is 16.5. The van der Waals surface area contributed by atoms with Gasteiger partial charge < -0.3 is 25.0 Å². The molecule has 7 nitrogen and oxygen atoms in total. The summed E-state index contributed by atoms with van der Waals surface area (Å²) in [5.74, 6) is 2.33. The number of allylic oxidation sites excluding steroid dienone is 6. The van der Waals surface area contributed by atoms with Crippen LogP contribution in [0.15, 0.2) is 59.2 Å². The Bertz CT molecular complexity index is 661. The van der Waals surface area contributed by atoms with Crippen LogP contribution in [-0.2, 0) is 4.74 Å². The number of aliphatic hydroxyl groups excluding tert-OH is 3. The summed E-state index contributed by atoms with van der Waals surface area (Å²) < 4.78 is 5.35. The van der Waals surface area contributed by atoms with Crippen molar-refractivity contribution in [3.05, 3.63) is 49.2 Å². The number of aliphatic hydroxyl groups is 3. The molecule has 0 aliphatic carbocycles. The predicted molar refractivity (Wildman–Crippen MR) is 112 cm³/mol. The molecule has 1 aliphatic rings.